The van der Waals surface area contributed by atoms with Crippen LogP contribution >= 0.6 is 24.0 Å². The fourth-order valence-corrected chi connectivity index (χ4v) is 4.32. The van der Waals surface area contributed by atoms with Gasteiger partial charge < -0.3 is 0 Å². The normalized spacial score (nSPS) is 32.8. The number of hydrogen-bond donors (Lipinski definition) is 0. The first-order chi connectivity index (χ1) is 9.08. The van der Waals surface area contributed by atoms with E-state index < -0.39 is 0 Å². The Kier molecular flexibility index (Phi) is 4.84. The monoisotopic (exact) mass is 311 g/mol. The molecule has 3 rings (SSSR count). The number of fused-ring (bicyclic) bond motifs is 2. The Morgan fingerprint density at radius 1 is 1.25 bits per heavy atom. The standard InChI is InChI=1S/C17H22ClN.ClH/c1-11(2)17-15(12-4-6-13(18)7-5-12)10-14-8-9-16(17)19(14)3;/h4-7,14-17H,1,8-10H2,2-3H3;1H/t14-,15-,16?,17?;/m1./s1. The van der Waals surface area contributed by atoms with Crippen molar-refractivity contribution in [3.63, 3.8) is 0 Å². The van der Waals surface area contributed by atoms with Crippen LogP contribution in [0.5, 0.6) is 0 Å². The highest BCUT2D eigenvalue weighted by Crippen LogP contribution is 2.48. The van der Waals surface area contributed by atoms with E-state index in [2.05, 4.69) is 37.6 Å². The topological polar surface area (TPSA) is 3.24 Å². The van der Waals surface area contributed by atoms with Gasteiger partial charge in [0, 0.05) is 23.0 Å². The molecular weight excluding hydrogens is 289 g/mol. The highest BCUT2D eigenvalue weighted by atomic mass is 35.5. The third-order valence-corrected chi connectivity index (χ3v) is 5.39. The lowest BCUT2D eigenvalue weighted by Crippen LogP contribution is -2.46. The Hall–Kier alpha value is -0.500. The zero-order chi connectivity index (χ0) is 13.6. The van der Waals surface area contributed by atoms with Gasteiger partial charge in [0.2, 0.25) is 0 Å². The van der Waals surface area contributed by atoms with Crippen LogP contribution in [0.1, 0.15) is 37.7 Å². The lowest BCUT2D eigenvalue weighted by molar-refractivity contribution is 0.118. The van der Waals surface area contributed by atoms with Gasteiger partial charge in [0.15, 0.2) is 0 Å². The van der Waals surface area contributed by atoms with Gasteiger partial charge >= 0.3 is 0 Å². The number of rotatable bonds is 2. The van der Waals surface area contributed by atoms with Crippen molar-refractivity contribution in [1.29, 1.82) is 0 Å². The van der Waals surface area contributed by atoms with E-state index in [1.165, 1.54) is 30.4 Å². The summed E-state index contributed by atoms with van der Waals surface area (Å²) in [5.74, 6) is 1.20. The number of nitrogens with zero attached hydrogens (tertiary/aromatic N) is 1. The highest BCUT2D eigenvalue weighted by Gasteiger charge is 2.45. The molecule has 2 unspecified atom stereocenters. The molecule has 0 saturated carbocycles. The molecule has 2 saturated heterocycles. The first kappa shape index (κ1) is 15.9. The van der Waals surface area contributed by atoms with Gasteiger partial charge in [0.25, 0.3) is 0 Å². The van der Waals surface area contributed by atoms with Gasteiger partial charge in [-0.15, -0.1) is 12.4 Å². The lowest BCUT2D eigenvalue weighted by atomic mass is 9.73. The summed E-state index contributed by atoms with van der Waals surface area (Å²) in [5, 5.41) is 0.825. The molecule has 2 fully saturated rings. The average molecular weight is 312 g/mol. The number of piperidine rings is 1. The Bertz CT molecular complexity index is 482. The van der Waals surface area contributed by atoms with Crippen LogP contribution in [0.4, 0.5) is 0 Å². The average Bonchev–Trinajstić information content (AvgIpc) is 2.63. The van der Waals surface area contributed by atoms with Gasteiger partial charge in [-0.3, -0.25) is 4.90 Å². The van der Waals surface area contributed by atoms with E-state index in [-0.39, 0.29) is 12.4 Å². The molecule has 2 aliphatic rings. The van der Waals surface area contributed by atoms with E-state index in [1.807, 2.05) is 12.1 Å². The van der Waals surface area contributed by atoms with E-state index >= 15 is 0 Å². The fourth-order valence-electron chi connectivity index (χ4n) is 4.19. The molecule has 2 aliphatic heterocycles. The summed E-state index contributed by atoms with van der Waals surface area (Å²) in [6.07, 6.45) is 3.92. The molecule has 20 heavy (non-hydrogen) atoms. The summed E-state index contributed by atoms with van der Waals surface area (Å²) >= 11 is 6.02. The lowest BCUT2D eigenvalue weighted by Gasteiger charge is -2.43. The SMILES string of the molecule is C=C(C)C1C2CC[C@H](C[C@@H]1c1ccc(Cl)cc1)N2C.Cl. The summed E-state index contributed by atoms with van der Waals surface area (Å²) in [6, 6.07) is 9.87. The van der Waals surface area contributed by atoms with Crippen molar-refractivity contribution >= 4 is 24.0 Å². The molecule has 1 nitrogen and oxygen atoms in total. The van der Waals surface area contributed by atoms with Gasteiger partial charge in [0.1, 0.15) is 0 Å². The van der Waals surface area contributed by atoms with Crippen molar-refractivity contribution in [3.05, 3.63) is 47.0 Å². The summed E-state index contributed by atoms with van der Waals surface area (Å²) < 4.78 is 0. The molecule has 0 spiro atoms. The van der Waals surface area contributed by atoms with E-state index in [4.69, 9.17) is 11.6 Å². The summed E-state index contributed by atoms with van der Waals surface area (Å²) in [4.78, 5) is 2.59. The predicted octanol–water partition coefficient (Wildman–Crippen LogP) is 4.90. The molecule has 0 amide bonds. The quantitative estimate of drug-likeness (QED) is 0.702. The number of hydrogen-bond acceptors (Lipinski definition) is 1. The minimum absolute atomic E-state index is 0. The molecule has 4 atom stereocenters. The van der Waals surface area contributed by atoms with Gasteiger partial charge in [0.05, 0.1) is 0 Å². The maximum atomic E-state index is 6.02. The van der Waals surface area contributed by atoms with E-state index in [0.29, 0.717) is 17.9 Å². The van der Waals surface area contributed by atoms with Crippen molar-refractivity contribution in [3.8, 4) is 0 Å². The van der Waals surface area contributed by atoms with Crippen LogP contribution in [0.15, 0.2) is 36.4 Å². The zero-order valence-electron chi connectivity index (χ0n) is 12.2. The molecule has 1 aromatic rings. The molecule has 0 N–H and O–H groups in total. The third-order valence-electron chi connectivity index (χ3n) is 5.14. The van der Waals surface area contributed by atoms with Crippen LogP contribution in [0.25, 0.3) is 0 Å². The van der Waals surface area contributed by atoms with Crippen LogP contribution in [-0.2, 0) is 0 Å². The molecule has 110 valence electrons. The van der Waals surface area contributed by atoms with Gasteiger partial charge in [-0.2, -0.15) is 0 Å². The van der Waals surface area contributed by atoms with Crippen molar-refractivity contribution in [2.24, 2.45) is 5.92 Å². The molecule has 0 aromatic heterocycles. The first-order valence-corrected chi connectivity index (χ1v) is 7.58. The predicted molar refractivity (Wildman–Crippen MR) is 88.9 cm³/mol. The summed E-state index contributed by atoms with van der Waals surface area (Å²) in [7, 11) is 2.29. The minimum atomic E-state index is 0. The maximum Gasteiger partial charge on any atom is 0.0406 e. The molecule has 1 aromatic carbocycles. The first-order valence-electron chi connectivity index (χ1n) is 7.20. The Labute approximate surface area is 133 Å². The van der Waals surface area contributed by atoms with Crippen LogP contribution in [-0.4, -0.2) is 24.0 Å². The zero-order valence-corrected chi connectivity index (χ0v) is 13.8. The van der Waals surface area contributed by atoms with Crippen molar-refractivity contribution in [2.45, 2.75) is 44.2 Å². The molecular formula is C17H23Cl2N. The molecule has 0 aliphatic carbocycles. The van der Waals surface area contributed by atoms with Crippen LogP contribution in [0, 0.1) is 5.92 Å². The Morgan fingerprint density at radius 2 is 1.90 bits per heavy atom. The van der Waals surface area contributed by atoms with Crippen LogP contribution in [0.3, 0.4) is 0 Å². The van der Waals surface area contributed by atoms with Gasteiger partial charge in [-0.05, 0) is 56.8 Å². The largest absolute Gasteiger partial charge is 0.300 e. The third kappa shape index (κ3) is 2.64. The smallest absolute Gasteiger partial charge is 0.0406 e. The van der Waals surface area contributed by atoms with Crippen LogP contribution < -0.4 is 0 Å². The summed E-state index contributed by atoms with van der Waals surface area (Å²) in [6.45, 7) is 6.47. The number of halogens is 2. The minimum Gasteiger partial charge on any atom is -0.300 e. The highest BCUT2D eigenvalue weighted by molar-refractivity contribution is 6.30. The molecule has 2 bridgehead atoms. The molecule has 2 heterocycles. The van der Waals surface area contributed by atoms with Gasteiger partial charge in [-0.1, -0.05) is 35.9 Å². The van der Waals surface area contributed by atoms with Crippen molar-refractivity contribution in [2.75, 3.05) is 7.05 Å². The summed E-state index contributed by atoms with van der Waals surface area (Å²) in [5.41, 5.74) is 2.76. The molecule has 0 radical (unpaired) electrons. The van der Waals surface area contributed by atoms with Crippen molar-refractivity contribution < 1.29 is 0 Å². The van der Waals surface area contributed by atoms with E-state index in [0.717, 1.165) is 11.1 Å². The number of benzene rings is 1. The molecule has 3 heteroatoms. The Balaban J connectivity index is 0.00000147. The van der Waals surface area contributed by atoms with E-state index in [9.17, 15) is 0 Å². The second-order valence-corrected chi connectivity index (χ2v) is 6.67. The van der Waals surface area contributed by atoms with Gasteiger partial charge in [-0.25, -0.2) is 0 Å². The van der Waals surface area contributed by atoms with Crippen molar-refractivity contribution in [1.82, 2.24) is 4.90 Å². The second-order valence-electron chi connectivity index (χ2n) is 6.23. The van der Waals surface area contributed by atoms with Crippen LogP contribution in [0.2, 0.25) is 5.02 Å². The second kappa shape index (κ2) is 6.09. The maximum absolute atomic E-state index is 6.02. The van der Waals surface area contributed by atoms with E-state index in [1.54, 1.807) is 0 Å². The fraction of sp³-hybridized carbons (Fsp3) is 0.529. The Morgan fingerprint density at radius 3 is 2.50 bits per heavy atom.